The van der Waals surface area contributed by atoms with Gasteiger partial charge >= 0.3 is 11.9 Å². The summed E-state index contributed by atoms with van der Waals surface area (Å²) in [6, 6.07) is 4.89. The molecule has 5 atom stereocenters. The van der Waals surface area contributed by atoms with Gasteiger partial charge in [-0.2, -0.15) is 4.31 Å². The first-order chi connectivity index (χ1) is 14.5. The molecule has 0 radical (unpaired) electrons. The molecule has 1 fully saturated rings. The van der Waals surface area contributed by atoms with Crippen molar-refractivity contribution in [1.82, 2.24) is 4.31 Å². The van der Waals surface area contributed by atoms with Crippen LogP contribution >= 0.6 is 0 Å². The van der Waals surface area contributed by atoms with Crippen molar-refractivity contribution in [1.29, 1.82) is 0 Å². The topological polar surface area (TPSA) is 171 Å². The second-order valence-electron chi connectivity index (χ2n) is 7.07. The van der Waals surface area contributed by atoms with Gasteiger partial charge in [0.1, 0.15) is 18.3 Å². The van der Waals surface area contributed by atoms with Crippen molar-refractivity contribution in [3.05, 3.63) is 29.8 Å². The zero-order valence-corrected chi connectivity index (χ0v) is 17.9. The van der Waals surface area contributed by atoms with E-state index in [1.165, 1.54) is 28.6 Å². The van der Waals surface area contributed by atoms with Gasteiger partial charge in [-0.1, -0.05) is 13.8 Å². The molecule has 12 heteroatoms. The van der Waals surface area contributed by atoms with E-state index in [9.17, 15) is 33.3 Å². The molecule has 1 aromatic carbocycles. The number of aliphatic hydroxyl groups excluding tert-OH is 3. The van der Waals surface area contributed by atoms with Crippen LogP contribution in [-0.2, 0) is 24.3 Å². The number of sulfonamides is 1. The van der Waals surface area contributed by atoms with E-state index >= 15 is 0 Å². The van der Waals surface area contributed by atoms with Crippen LogP contribution in [0.25, 0.3) is 0 Å². The van der Waals surface area contributed by atoms with Gasteiger partial charge in [-0.05, 0) is 37.1 Å². The summed E-state index contributed by atoms with van der Waals surface area (Å²) >= 11 is 0. The van der Waals surface area contributed by atoms with Crippen molar-refractivity contribution >= 4 is 22.0 Å². The quantitative estimate of drug-likeness (QED) is 0.353. The van der Waals surface area contributed by atoms with Crippen molar-refractivity contribution in [3.63, 3.8) is 0 Å². The zero-order chi connectivity index (χ0) is 23.3. The monoisotopic (exact) mass is 461 g/mol. The summed E-state index contributed by atoms with van der Waals surface area (Å²) in [5.74, 6) is -2.66. The van der Waals surface area contributed by atoms with E-state index in [1.54, 1.807) is 0 Å². The molecule has 1 saturated heterocycles. The Morgan fingerprint density at radius 1 is 1.00 bits per heavy atom. The van der Waals surface area contributed by atoms with Crippen LogP contribution in [0.2, 0.25) is 0 Å². The Labute approximate surface area is 179 Å². The maximum atomic E-state index is 12.8. The molecule has 1 aliphatic heterocycles. The van der Waals surface area contributed by atoms with E-state index in [2.05, 4.69) is 0 Å². The first kappa shape index (κ1) is 25.2. The van der Waals surface area contributed by atoms with Crippen LogP contribution in [0, 0.1) is 0 Å². The molecule has 4 N–H and O–H groups in total. The number of carbonyl (C=O) groups is 2. The highest BCUT2D eigenvalue weighted by Gasteiger charge is 2.48. The molecule has 11 nitrogen and oxygen atoms in total. The van der Waals surface area contributed by atoms with E-state index in [-0.39, 0.29) is 10.5 Å². The Morgan fingerprint density at radius 3 is 2.03 bits per heavy atom. The van der Waals surface area contributed by atoms with Gasteiger partial charge in [0.2, 0.25) is 16.3 Å². The lowest BCUT2D eigenvalue weighted by Gasteiger charge is -2.37. The van der Waals surface area contributed by atoms with E-state index in [4.69, 9.17) is 14.6 Å². The molecule has 31 heavy (non-hydrogen) atoms. The lowest BCUT2D eigenvalue weighted by Crippen LogP contribution is -2.60. The summed E-state index contributed by atoms with van der Waals surface area (Å²) in [6.45, 7) is 4.44. The van der Waals surface area contributed by atoms with E-state index in [1.807, 2.05) is 13.8 Å². The number of rotatable bonds is 9. The van der Waals surface area contributed by atoms with Gasteiger partial charge in [0.25, 0.3) is 0 Å². The summed E-state index contributed by atoms with van der Waals surface area (Å²) < 4.78 is 36.7. The highest BCUT2D eigenvalue weighted by atomic mass is 32.2. The summed E-state index contributed by atoms with van der Waals surface area (Å²) in [5.41, 5.74) is -0.0835. The molecule has 2 rings (SSSR count). The van der Waals surface area contributed by atoms with Crippen LogP contribution in [0.5, 0.6) is 0 Å². The molecule has 1 heterocycles. The van der Waals surface area contributed by atoms with Gasteiger partial charge in [0, 0.05) is 13.1 Å². The van der Waals surface area contributed by atoms with Crippen molar-refractivity contribution in [2.75, 3.05) is 13.1 Å². The van der Waals surface area contributed by atoms with Gasteiger partial charge in [-0.25, -0.2) is 18.0 Å². The number of aliphatic carboxylic acids is 1. The predicted octanol–water partition coefficient (Wildman–Crippen LogP) is -0.454. The van der Waals surface area contributed by atoms with Gasteiger partial charge in [0.15, 0.2) is 6.10 Å². The molecule has 1 aliphatic rings. The van der Waals surface area contributed by atoms with Crippen molar-refractivity contribution < 1.29 is 47.9 Å². The van der Waals surface area contributed by atoms with Gasteiger partial charge < -0.3 is 29.9 Å². The largest absolute Gasteiger partial charge is 0.479 e. The smallest absolute Gasteiger partial charge is 0.340 e. The Balaban J connectivity index is 2.16. The van der Waals surface area contributed by atoms with Gasteiger partial charge in [-0.3, -0.25) is 0 Å². The van der Waals surface area contributed by atoms with Crippen LogP contribution in [0.1, 0.15) is 37.0 Å². The molecule has 1 aromatic rings. The third kappa shape index (κ3) is 5.59. The fourth-order valence-corrected chi connectivity index (χ4v) is 4.71. The minimum atomic E-state index is -3.74. The van der Waals surface area contributed by atoms with Crippen LogP contribution in [0.3, 0.4) is 0 Å². The molecule has 0 bridgehead atoms. The summed E-state index contributed by atoms with van der Waals surface area (Å²) in [4.78, 5) is 23.5. The number of ether oxygens (including phenoxy) is 2. The number of hydrogen-bond donors (Lipinski definition) is 4. The Bertz CT molecular complexity index is 866. The SMILES string of the molecule is CCCN(CCC)S(=O)(=O)c1ccc(C(=O)O[C@@H]2OC(C(=O)O)[C@@H](O)[C@H](O)[C@@H]2O)cc1. The first-order valence-electron chi connectivity index (χ1n) is 9.78. The second-order valence-corrected chi connectivity index (χ2v) is 9.01. The van der Waals surface area contributed by atoms with Crippen LogP contribution in [0.15, 0.2) is 29.2 Å². The molecule has 0 saturated carbocycles. The minimum absolute atomic E-state index is 0.00983. The maximum absolute atomic E-state index is 12.8. The van der Waals surface area contributed by atoms with Crippen LogP contribution in [-0.4, -0.2) is 88.9 Å². The number of nitrogens with zero attached hydrogens (tertiary/aromatic N) is 1. The predicted molar refractivity (Wildman–Crippen MR) is 106 cm³/mol. The Kier molecular flexibility index (Phi) is 8.51. The maximum Gasteiger partial charge on any atom is 0.340 e. The van der Waals surface area contributed by atoms with Crippen molar-refractivity contribution in [2.24, 2.45) is 0 Å². The zero-order valence-electron chi connectivity index (χ0n) is 17.1. The molecule has 0 amide bonds. The molecule has 0 aliphatic carbocycles. The third-order valence-corrected chi connectivity index (χ3v) is 6.62. The normalized spacial score (nSPS) is 26.6. The number of hydrogen-bond acceptors (Lipinski definition) is 9. The summed E-state index contributed by atoms with van der Waals surface area (Å²) in [5, 5.41) is 38.4. The Hall–Kier alpha value is -2.09. The minimum Gasteiger partial charge on any atom is -0.479 e. The number of carboxylic acids is 1. The number of esters is 1. The van der Waals surface area contributed by atoms with E-state index in [0.717, 1.165) is 0 Å². The fourth-order valence-electron chi connectivity index (χ4n) is 3.09. The number of carboxylic acid groups (broad SMARTS) is 1. The average molecular weight is 461 g/mol. The molecular weight excluding hydrogens is 434 g/mol. The van der Waals surface area contributed by atoms with Crippen molar-refractivity contribution in [3.8, 4) is 0 Å². The van der Waals surface area contributed by atoms with Crippen LogP contribution < -0.4 is 0 Å². The highest BCUT2D eigenvalue weighted by molar-refractivity contribution is 7.89. The molecule has 0 aromatic heterocycles. The van der Waals surface area contributed by atoms with E-state index in [0.29, 0.717) is 25.9 Å². The standard InChI is InChI=1S/C19H27NO10S/c1-3-9-20(10-4-2)31(27,28)12-7-5-11(6-8-12)18(26)30-19-15(23)13(21)14(22)16(29-19)17(24)25/h5-8,13-16,19,21-23H,3-4,9-10H2,1-2H3,(H,24,25)/t13-,14-,15-,16?,19-/m0/s1. The first-order valence-corrected chi connectivity index (χ1v) is 11.2. The lowest BCUT2D eigenvalue weighted by molar-refractivity contribution is -0.278. The van der Waals surface area contributed by atoms with Crippen LogP contribution in [0.4, 0.5) is 0 Å². The van der Waals surface area contributed by atoms with Gasteiger partial charge in [-0.15, -0.1) is 0 Å². The highest BCUT2D eigenvalue weighted by Crippen LogP contribution is 2.24. The Morgan fingerprint density at radius 2 is 1.55 bits per heavy atom. The average Bonchev–Trinajstić information content (AvgIpc) is 2.73. The molecule has 1 unspecified atom stereocenters. The molecule has 0 spiro atoms. The molecular formula is C19H27NO10S. The summed E-state index contributed by atoms with van der Waals surface area (Å²) in [7, 11) is -3.74. The number of carbonyl (C=O) groups excluding carboxylic acids is 1. The summed E-state index contributed by atoms with van der Waals surface area (Å²) in [6.07, 6.45) is -8.18. The second kappa shape index (κ2) is 10.5. The van der Waals surface area contributed by atoms with Crippen molar-refractivity contribution in [2.45, 2.75) is 62.3 Å². The number of benzene rings is 1. The molecule has 174 valence electrons. The van der Waals surface area contributed by atoms with E-state index < -0.39 is 52.7 Å². The third-order valence-electron chi connectivity index (χ3n) is 4.71. The lowest BCUT2D eigenvalue weighted by atomic mass is 9.99. The number of aliphatic hydroxyl groups is 3. The fraction of sp³-hybridized carbons (Fsp3) is 0.579. The van der Waals surface area contributed by atoms with Gasteiger partial charge in [0.05, 0.1) is 10.5 Å².